The lowest BCUT2D eigenvalue weighted by Crippen LogP contribution is -2.11. The van der Waals surface area contributed by atoms with E-state index in [9.17, 15) is 13.6 Å². The van der Waals surface area contributed by atoms with Crippen molar-refractivity contribution in [2.24, 2.45) is 0 Å². The number of ether oxygens (including phenoxy) is 2. The molecular formula is C11H10F2N2O3. The maximum Gasteiger partial charge on any atom is 0.341 e. The smallest absolute Gasteiger partial charge is 0.341 e. The van der Waals surface area contributed by atoms with Gasteiger partial charge in [0.05, 0.1) is 30.4 Å². The minimum Gasteiger partial charge on any atom is -0.481 e. The Morgan fingerprint density at radius 1 is 1.61 bits per heavy atom. The summed E-state index contributed by atoms with van der Waals surface area (Å²) >= 11 is 0. The van der Waals surface area contributed by atoms with E-state index in [1.54, 1.807) is 13.0 Å². The molecule has 7 heteroatoms. The maximum atomic E-state index is 12.9. The molecule has 0 unspecified atom stereocenters. The van der Waals surface area contributed by atoms with E-state index in [2.05, 4.69) is 14.5 Å². The van der Waals surface area contributed by atoms with Crippen LogP contribution in [0.5, 0.6) is 5.88 Å². The summed E-state index contributed by atoms with van der Waals surface area (Å²) < 4.78 is 35.0. The second-order valence-corrected chi connectivity index (χ2v) is 3.10. The number of methoxy groups -OCH3 is 1. The zero-order valence-electron chi connectivity index (χ0n) is 9.74. The number of pyridine rings is 1. The van der Waals surface area contributed by atoms with Crippen molar-refractivity contribution in [2.75, 3.05) is 13.7 Å². The Labute approximate surface area is 102 Å². The van der Waals surface area contributed by atoms with E-state index < -0.39 is 23.5 Å². The highest BCUT2D eigenvalue weighted by molar-refractivity contribution is 5.92. The van der Waals surface area contributed by atoms with Gasteiger partial charge in [-0.25, -0.2) is 18.6 Å². The molecule has 0 aliphatic heterocycles. The number of halogens is 2. The number of carbonyl (C=O) groups excluding carboxylic acids is 1. The summed E-state index contributed by atoms with van der Waals surface area (Å²) in [6.45, 7) is 1.63. The highest BCUT2D eigenvalue weighted by Crippen LogP contribution is 2.32. The van der Waals surface area contributed by atoms with Crippen LogP contribution >= 0.6 is 0 Å². The first kappa shape index (κ1) is 13.8. The Balaban J connectivity index is 3.44. The largest absolute Gasteiger partial charge is 0.481 e. The first-order chi connectivity index (χ1) is 8.56. The van der Waals surface area contributed by atoms with Gasteiger partial charge in [-0.05, 0) is 6.92 Å². The number of hydrogen-bond acceptors (Lipinski definition) is 5. The molecule has 0 aromatic carbocycles. The normalized spacial score (nSPS) is 10.0. The third-order valence-electron chi connectivity index (χ3n) is 2.10. The SMILES string of the molecule is CCOC(=O)c1cnc(OC)c(C(F)F)c1C#N. The highest BCUT2D eigenvalue weighted by Gasteiger charge is 2.26. The van der Waals surface area contributed by atoms with Crippen LogP contribution in [-0.2, 0) is 4.74 Å². The molecule has 0 atom stereocenters. The molecule has 0 radical (unpaired) electrons. The van der Waals surface area contributed by atoms with Crippen molar-refractivity contribution >= 4 is 5.97 Å². The van der Waals surface area contributed by atoms with E-state index in [1.807, 2.05) is 0 Å². The quantitative estimate of drug-likeness (QED) is 0.771. The molecule has 0 aliphatic rings. The molecule has 96 valence electrons. The molecule has 0 saturated carbocycles. The Bertz CT molecular complexity index is 498. The third kappa shape index (κ3) is 2.53. The Hall–Kier alpha value is -2.23. The summed E-state index contributed by atoms with van der Waals surface area (Å²) in [5.41, 5.74) is -1.48. The zero-order chi connectivity index (χ0) is 13.7. The fourth-order valence-corrected chi connectivity index (χ4v) is 1.36. The number of nitriles is 1. The Morgan fingerprint density at radius 3 is 2.72 bits per heavy atom. The number of nitrogens with zero attached hydrogens (tertiary/aromatic N) is 2. The molecule has 1 rings (SSSR count). The second kappa shape index (κ2) is 5.91. The number of hydrogen-bond donors (Lipinski definition) is 0. The minimum atomic E-state index is -2.98. The molecule has 0 fully saturated rings. The van der Waals surface area contributed by atoms with Gasteiger partial charge in [0.2, 0.25) is 5.88 Å². The standard InChI is InChI=1S/C11H10F2N2O3/c1-3-18-11(16)7-5-15-10(17-2)8(9(12)13)6(7)4-14/h5,9H,3H2,1-2H3. The molecule has 1 aromatic rings. The first-order valence-corrected chi connectivity index (χ1v) is 4.99. The molecule has 0 spiro atoms. The van der Waals surface area contributed by atoms with Gasteiger partial charge >= 0.3 is 5.97 Å². The predicted octanol–water partition coefficient (Wildman–Crippen LogP) is 2.08. The van der Waals surface area contributed by atoms with Crippen molar-refractivity contribution in [1.29, 1.82) is 5.26 Å². The zero-order valence-corrected chi connectivity index (χ0v) is 9.74. The molecule has 0 bridgehead atoms. The number of alkyl halides is 2. The van der Waals surface area contributed by atoms with Gasteiger partial charge in [-0.15, -0.1) is 0 Å². The predicted molar refractivity (Wildman–Crippen MR) is 56.4 cm³/mol. The minimum absolute atomic E-state index is 0.0692. The molecule has 0 N–H and O–H groups in total. The molecule has 18 heavy (non-hydrogen) atoms. The van der Waals surface area contributed by atoms with Gasteiger partial charge in [-0.2, -0.15) is 5.26 Å². The lowest BCUT2D eigenvalue weighted by molar-refractivity contribution is 0.0524. The van der Waals surface area contributed by atoms with Crippen LogP contribution in [0, 0.1) is 11.3 Å². The summed E-state index contributed by atoms with van der Waals surface area (Å²) in [4.78, 5) is 15.1. The van der Waals surface area contributed by atoms with Gasteiger partial charge < -0.3 is 9.47 Å². The molecule has 0 aliphatic carbocycles. The Morgan fingerprint density at radius 2 is 2.28 bits per heavy atom. The molecular weight excluding hydrogens is 246 g/mol. The lowest BCUT2D eigenvalue weighted by Gasteiger charge is -2.11. The van der Waals surface area contributed by atoms with Crippen LogP contribution in [0.15, 0.2) is 6.20 Å². The molecule has 5 nitrogen and oxygen atoms in total. The van der Waals surface area contributed by atoms with Crippen LogP contribution in [-0.4, -0.2) is 24.7 Å². The average Bonchev–Trinajstić information content (AvgIpc) is 2.36. The summed E-state index contributed by atoms with van der Waals surface area (Å²) in [6.07, 6.45) is -1.99. The summed E-state index contributed by atoms with van der Waals surface area (Å²) in [7, 11) is 1.15. The van der Waals surface area contributed by atoms with Crippen LogP contribution in [0.4, 0.5) is 8.78 Å². The fraction of sp³-hybridized carbons (Fsp3) is 0.364. The highest BCUT2D eigenvalue weighted by atomic mass is 19.3. The van der Waals surface area contributed by atoms with Gasteiger partial charge in [0.25, 0.3) is 6.43 Å². The summed E-state index contributed by atoms with van der Waals surface area (Å²) in [6, 6.07) is 1.56. The van der Waals surface area contributed by atoms with Gasteiger partial charge in [0.1, 0.15) is 6.07 Å². The van der Waals surface area contributed by atoms with Crippen molar-refractivity contribution in [3.8, 4) is 11.9 Å². The monoisotopic (exact) mass is 256 g/mol. The average molecular weight is 256 g/mol. The van der Waals surface area contributed by atoms with E-state index in [-0.39, 0.29) is 18.1 Å². The topological polar surface area (TPSA) is 72.2 Å². The van der Waals surface area contributed by atoms with E-state index in [1.165, 1.54) is 0 Å². The van der Waals surface area contributed by atoms with Crippen molar-refractivity contribution in [3.63, 3.8) is 0 Å². The van der Waals surface area contributed by atoms with Gasteiger partial charge in [0.15, 0.2) is 0 Å². The molecule has 1 heterocycles. The molecule has 1 aromatic heterocycles. The van der Waals surface area contributed by atoms with Crippen LogP contribution < -0.4 is 4.74 Å². The van der Waals surface area contributed by atoms with Crippen LogP contribution in [0.2, 0.25) is 0 Å². The first-order valence-electron chi connectivity index (χ1n) is 4.99. The van der Waals surface area contributed by atoms with Crippen molar-refractivity contribution in [2.45, 2.75) is 13.3 Å². The maximum absolute atomic E-state index is 12.9. The number of carbonyl (C=O) groups is 1. The van der Waals surface area contributed by atoms with Gasteiger partial charge in [-0.1, -0.05) is 0 Å². The number of aromatic nitrogens is 1. The summed E-state index contributed by atoms with van der Waals surface area (Å²) in [5, 5.41) is 8.91. The van der Waals surface area contributed by atoms with Gasteiger partial charge in [0, 0.05) is 6.20 Å². The fourth-order valence-electron chi connectivity index (χ4n) is 1.36. The van der Waals surface area contributed by atoms with Gasteiger partial charge in [-0.3, -0.25) is 0 Å². The second-order valence-electron chi connectivity index (χ2n) is 3.10. The van der Waals surface area contributed by atoms with Crippen LogP contribution in [0.3, 0.4) is 0 Å². The van der Waals surface area contributed by atoms with Crippen molar-refractivity contribution in [3.05, 3.63) is 22.9 Å². The van der Waals surface area contributed by atoms with Crippen molar-refractivity contribution in [1.82, 2.24) is 4.98 Å². The molecule has 0 amide bonds. The van der Waals surface area contributed by atoms with Crippen LogP contribution in [0.1, 0.15) is 34.8 Å². The Kier molecular flexibility index (Phi) is 4.54. The number of rotatable bonds is 4. The van der Waals surface area contributed by atoms with Crippen molar-refractivity contribution < 1.29 is 23.0 Å². The van der Waals surface area contributed by atoms with E-state index in [0.717, 1.165) is 13.3 Å². The van der Waals surface area contributed by atoms with E-state index in [4.69, 9.17) is 5.26 Å². The lowest BCUT2D eigenvalue weighted by atomic mass is 10.1. The van der Waals surface area contributed by atoms with E-state index in [0.29, 0.717) is 0 Å². The van der Waals surface area contributed by atoms with E-state index >= 15 is 0 Å². The van der Waals surface area contributed by atoms with Crippen LogP contribution in [0.25, 0.3) is 0 Å². The summed E-state index contributed by atoms with van der Waals surface area (Å²) in [5.74, 6) is -1.25. The number of esters is 1. The molecule has 0 saturated heterocycles. The third-order valence-corrected chi connectivity index (χ3v) is 2.10.